The van der Waals surface area contributed by atoms with Gasteiger partial charge in [0.1, 0.15) is 6.73 Å². The van der Waals surface area contributed by atoms with Gasteiger partial charge in [-0.25, -0.2) is 0 Å². The van der Waals surface area contributed by atoms with Gasteiger partial charge >= 0.3 is 0 Å². The number of carbonyl (C=O) groups is 1. The molecule has 1 aromatic carbocycles. The van der Waals surface area contributed by atoms with Gasteiger partial charge in [0.25, 0.3) is 5.91 Å². The van der Waals surface area contributed by atoms with Gasteiger partial charge in [-0.05, 0) is 46.9 Å². The molecule has 1 rings (SSSR count). The highest BCUT2D eigenvalue weighted by atomic mass is 127. The van der Waals surface area contributed by atoms with Crippen LogP contribution in [0.15, 0.2) is 24.3 Å². The first kappa shape index (κ1) is 9.47. The third-order valence-corrected chi connectivity index (χ3v) is 2.07. The summed E-state index contributed by atoms with van der Waals surface area (Å²) in [5, 5.41) is 10.7. The average molecular weight is 277 g/mol. The molecular formula is C8H8INO2. The van der Waals surface area contributed by atoms with Crippen LogP contribution in [0.2, 0.25) is 0 Å². The first-order valence-electron chi connectivity index (χ1n) is 3.38. The Balaban J connectivity index is 2.75. The number of carbonyl (C=O) groups excluding carboxylic acids is 1. The molecule has 0 aliphatic carbocycles. The quantitative estimate of drug-likeness (QED) is 0.625. The number of hydrogen-bond donors (Lipinski definition) is 2. The van der Waals surface area contributed by atoms with E-state index in [2.05, 4.69) is 27.9 Å². The Morgan fingerprint density at radius 2 is 2.00 bits per heavy atom. The molecule has 0 unspecified atom stereocenters. The summed E-state index contributed by atoms with van der Waals surface area (Å²) in [7, 11) is 0. The Morgan fingerprint density at radius 3 is 2.50 bits per heavy atom. The summed E-state index contributed by atoms with van der Waals surface area (Å²) >= 11 is 2.16. The molecule has 0 bridgehead atoms. The van der Waals surface area contributed by atoms with Crippen LogP contribution in [-0.2, 0) is 0 Å². The zero-order valence-electron chi connectivity index (χ0n) is 6.25. The lowest BCUT2D eigenvalue weighted by Crippen LogP contribution is -2.23. The van der Waals surface area contributed by atoms with Gasteiger partial charge < -0.3 is 10.4 Å². The molecule has 0 saturated carbocycles. The van der Waals surface area contributed by atoms with E-state index in [1.54, 1.807) is 12.1 Å². The van der Waals surface area contributed by atoms with Crippen LogP contribution >= 0.6 is 22.6 Å². The zero-order valence-corrected chi connectivity index (χ0v) is 8.41. The number of benzene rings is 1. The van der Waals surface area contributed by atoms with E-state index in [-0.39, 0.29) is 12.6 Å². The fourth-order valence-corrected chi connectivity index (χ4v) is 1.13. The summed E-state index contributed by atoms with van der Waals surface area (Å²) in [6.45, 7) is -0.329. The fraction of sp³-hybridized carbons (Fsp3) is 0.125. The van der Waals surface area contributed by atoms with Crippen LogP contribution < -0.4 is 5.32 Å². The third-order valence-electron chi connectivity index (χ3n) is 1.35. The molecule has 0 saturated heterocycles. The maximum atomic E-state index is 11.1. The molecule has 0 fully saturated rings. The SMILES string of the molecule is O=C(NCO)c1ccc(I)cc1. The first-order valence-corrected chi connectivity index (χ1v) is 4.46. The lowest BCUT2D eigenvalue weighted by molar-refractivity contribution is 0.0910. The summed E-state index contributed by atoms with van der Waals surface area (Å²) in [4.78, 5) is 11.1. The number of aliphatic hydroxyl groups is 1. The lowest BCUT2D eigenvalue weighted by atomic mass is 10.2. The van der Waals surface area contributed by atoms with Gasteiger partial charge in [0, 0.05) is 9.13 Å². The van der Waals surface area contributed by atoms with E-state index >= 15 is 0 Å². The molecule has 0 aliphatic heterocycles. The molecular weight excluding hydrogens is 269 g/mol. The van der Waals surface area contributed by atoms with E-state index in [0.717, 1.165) is 3.57 Å². The topological polar surface area (TPSA) is 49.3 Å². The van der Waals surface area contributed by atoms with Crippen molar-refractivity contribution >= 4 is 28.5 Å². The summed E-state index contributed by atoms with van der Waals surface area (Å²) in [5.41, 5.74) is 0.560. The molecule has 1 aromatic rings. The standard InChI is InChI=1S/C8H8INO2/c9-7-3-1-6(2-4-7)8(12)10-5-11/h1-4,11H,5H2,(H,10,12). The number of hydrogen-bond acceptors (Lipinski definition) is 2. The molecule has 0 heterocycles. The summed E-state index contributed by atoms with van der Waals surface area (Å²) in [5.74, 6) is -0.256. The smallest absolute Gasteiger partial charge is 0.253 e. The largest absolute Gasteiger partial charge is 0.376 e. The Bertz CT molecular complexity index is 271. The van der Waals surface area contributed by atoms with Crippen molar-refractivity contribution in [3.05, 3.63) is 33.4 Å². The van der Waals surface area contributed by atoms with E-state index in [1.807, 2.05) is 12.1 Å². The Morgan fingerprint density at radius 1 is 1.42 bits per heavy atom. The molecule has 12 heavy (non-hydrogen) atoms. The Kier molecular flexibility index (Phi) is 3.48. The maximum absolute atomic E-state index is 11.1. The molecule has 3 nitrogen and oxygen atoms in total. The molecule has 0 radical (unpaired) electrons. The summed E-state index contributed by atoms with van der Waals surface area (Å²) in [6.07, 6.45) is 0. The van der Waals surface area contributed by atoms with Crippen molar-refractivity contribution in [2.75, 3.05) is 6.73 Å². The predicted molar refractivity (Wildman–Crippen MR) is 53.7 cm³/mol. The number of halogens is 1. The Labute approximate surface area is 83.9 Å². The first-order chi connectivity index (χ1) is 5.74. The second-order valence-corrected chi connectivity index (χ2v) is 3.42. The minimum atomic E-state index is -0.329. The molecule has 1 amide bonds. The van der Waals surface area contributed by atoms with Crippen LogP contribution in [0.3, 0.4) is 0 Å². The highest BCUT2D eigenvalue weighted by molar-refractivity contribution is 14.1. The number of nitrogens with one attached hydrogen (secondary N) is 1. The monoisotopic (exact) mass is 277 g/mol. The maximum Gasteiger partial charge on any atom is 0.253 e. The van der Waals surface area contributed by atoms with Gasteiger partial charge in [0.05, 0.1) is 0 Å². The van der Waals surface area contributed by atoms with Crippen molar-refractivity contribution < 1.29 is 9.90 Å². The summed E-state index contributed by atoms with van der Waals surface area (Å²) < 4.78 is 1.08. The van der Waals surface area contributed by atoms with E-state index in [4.69, 9.17) is 5.11 Å². The summed E-state index contributed by atoms with van der Waals surface area (Å²) in [6, 6.07) is 7.11. The van der Waals surface area contributed by atoms with Gasteiger partial charge in [-0.15, -0.1) is 0 Å². The van der Waals surface area contributed by atoms with Crippen LogP contribution in [0.5, 0.6) is 0 Å². The third kappa shape index (κ3) is 2.46. The van der Waals surface area contributed by atoms with Crippen molar-refractivity contribution in [2.45, 2.75) is 0 Å². The van der Waals surface area contributed by atoms with Crippen molar-refractivity contribution in [2.24, 2.45) is 0 Å². The molecule has 4 heteroatoms. The van der Waals surface area contributed by atoms with E-state index in [9.17, 15) is 4.79 Å². The van der Waals surface area contributed by atoms with Gasteiger partial charge in [0.15, 0.2) is 0 Å². The van der Waals surface area contributed by atoms with Crippen LogP contribution in [-0.4, -0.2) is 17.7 Å². The second kappa shape index (κ2) is 4.42. The van der Waals surface area contributed by atoms with Crippen LogP contribution in [0, 0.1) is 3.57 Å². The normalized spacial score (nSPS) is 9.50. The van der Waals surface area contributed by atoms with E-state index in [0.29, 0.717) is 5.56 Å². The molecule has 64 valence electrons. The van der Waals surface area contributed by atoms with Gasteiger partial charge in [-0.2, -0.15) is 0 Å². The zero-order chi connectivity index (χ0) is 8.97. The predicted octanol–water partition coefficient (Wildman–Crippen LogP) is 0.971. The molecule has 0 spiro atoms. The van der Waals surface area contributed by atoms with Crippen LogP contribution in [0.1, 0.15) is 10.4 Å². The van der Waals surface area contributed by atoms with Crippen molar-refractivity contribution in [3.63, 3.8) is 0 Å². The minimum absolute atomic E-state index is 0.256. The van der Waals surface area contributed by atoms with E-state index in [1.165, 1.54) is 0 Å². The van der Waals surface area contributed by atoms with Crippen LogP contribution in [0.25, 0.3) is 0 Å². The van der Waals surface area contributed by atoms with Crippen molar-refractivity contribution in [1.29, 1.82) is 0 Å². The fourth-order valence-electron chi connectivity index (χ4n) is 0.775. The Hall–Kier alpha value is -0.620. The molecule has 0 aromatic heterocycles. The highest BCUT2D eigenvalue weighted by Gasteiger charge is 2.01. The minimum Gasteiger partial charge on any atom is -0.376 e. The molecule has 0 atom stereocenters. The van der Waals surface area contributed by atoms with Gasteiger partial charge in [-0.3, -0.25) is 4.79 Å². The number of amides is 1. The van der Waals surface area contributed by atoms with Crippen LogP contribution in [0.4, 0.5) is 0 Å². The van der Waals surface area contributed by atoms with E-state index < -0.39 is 0 Å². The molecule has 2 N–H and O–H groups in total. The van der Waals surface area contributed by atoms with Gasteiger partial charge in [0.2, 0.25) is 0 Å². The van der Waals surface area contributed by atoms with Crippen molar-refractivity contribution in [1.82, 2.24) is 5.32 Å². The van der Waals surface area contributed by atoms with Gasteiger partial charge in [-0.1, -0.05) is 0 Å². The number of rotatable bonds is 2. The number of aliphatic hydroxyl groups excluding tert-OH is 1. The highest BCUT2D eigenvalue weighted by Crippen LogP contribution is 2.06. The molecule has 0 aliphatic rings. The van der Waals surface area contributed by atoms with Crippen molar-refractivity contribution in [3.8, 4) is 0 Å². The lowest BCUT2D eigenvalue weighted by Gasteiger charge is -2.00. The second-order valence-electron chi connectivity index (χ2n) is 2.17. The average Bonchev–Trinajstić information content (AvgIpc) is 2.06.